The summed E-state index contributed by atoms with van der Waals surface area (Å²) in [6.45, 7) is 7.17. The number of hydrogen-bond acceptors (Lipinski definition) is 2. The van der Waals surface area contributed by atoms with Crippen molar-refractivity contribution in [1.29, 1.82) is 0 Å². The van der Waals surface area contributed by atoms with Crippen molar-refractivity contribution in [3.05, 3.63) is 35.9 Å². The minimum Gasteiger partial charge on any atom is -0.382 e. The van der Waals surface area contributed by atoms with E-state index in [1.807, 2.05) is 6.08 Å². The maximum absolute atomic E-state index is 5.44. The van der Waals surface area contributed by atoms with E-state index in [0.717, 1.165) is 25.3 Å². The average Bonchev–Trinajstić information content (AvgIpc) is 2.33. The van der Waals surface area contributed by atoms with Crippen LogP contribution in [-0.2, 0) is 0 Å². The molecule has 0 atom stereocenters. The van der Waals surface area contributed by atoms with Gasteiger partial charge in [0.25, 0.3) is 0 Å². The summed E-state index contributed by atoms with van der Waals surface area (Å²) in [5, 5.41) is 3.26. The lowest BCUT2D eigenvalue weighted by Crippen LogP contribution is -2.21. The Balaban J connectivity index is 2.59. The van der Waals surface area contributed by atoms with Crippen LogP contribution in [0.25, 0.3) is 0 Å². The third-order valence-corrected chi connectivity index (χ3v) is 2.69. The molecule has 88 valence electrons. The van der Waals surface area contributed by atoms with Crippen molar-refractivity contribution in [3.8, 4) is 0 Å². The smallest absolute Gasteiger partial charge is 0.0367 e. The molecule has 0 fully saturated rings. The van der Waals surface area contributed by atoms with Crippen molar-refractivity contribution in [2.75, 3.05) is 29.9 Å². The van der Waals surface area contributed by atoms with Crippen molar-refractivity contribution in [2.24, 2.45) is 0 Å². The number of nitrogens with one attached hydrogen (secondary N) is 1. The fourth-order valence-corrected chi connectivity index (χ4v) is 1.69. The topological polar surface area (TPSA) is 15.3 Å². The predicted molar refractivity (Wildman–Crippen MR) is 73.5 cm³/mol. The fraction of sp³-hybridized carbons (Fsp3) is 0.385. The van der Waals surface area contributed by atoms with Crippen LogP contribution >= 0.6 is 11.6 Å². The van der Waals surface area contributed by atoms with Gasteiger partial charge in [0.05, 0.1) is 0 Å². The van der Waals surface area contributed by atoms with E-state index in [0.29, 0.717) is 0 Å². The minimum atomic E-state index is 0.758. The van der Waals surface area contributed by atoms with Crippen LogP contribution in [-0.4, -0.2) is 19.6 Å². The van der Waals surface area contributed by atoms with Crippen LogP contribution in [0.2, 0.25) is 0 Å². The highest BCUT2D eigenvalue weighted by Crippen LogP contribution is 2.17. The minimum absolute atomic E-state index is 0.758. The summed E-state index contributed by atoms with van der Waals surface area (Å²) >= 11 is 5.44. The first-order valence-electron chi connectivity index (χ1n) is 5.65. The van der Waals surface area contributed by atoms with Gasteiger partial charge in [0.1, 0.15) is 0 Å². The molecule has 1 aromatic rings. The Morgan fingerprint density at radius 3 is 2.31 bits per heavy atom. The molecule has 0 aromatic heterocycles. The molecule has 0 saturated carbocycles. The van der Waals surface area contributed by atoms with E-state index in [2.05, 4.69) is 48.3 Å². The zero-order valence-corrected chi connectivity index (χ0v) is 10.7. The van der Waals surface area contributed by atoms with E-state index in [-0.39, 0.29) is 0 Å². The zero-order valence-electron chi connectivity index (χ0n) is 9.91. The Morgan fingerprint density at radius 1 is 1.19 bits per heavy atom. The highest BCUT2D eigenvalue weighted by Gasteiger charge is 2.00. The van der Waals surface area contributed by atoms with Gasteiger partial charge >= 0.3 is 0 Å². The molecule has 0 heterocycles. The summed E-state index contributed by atoms with van der Waals surface area (Å²) in [7, 11) is 0. The van der Waals surface area contributed by atoms with E-state index in [4.69, 9.17) is 11.6 Å². The number of hydrogen-bond donors (Lipinski definition) is 1. The zero-order chi connectivity index (χ0) is 11.8. The second kappa shape index (κ2) is 7.18. The third kappa shape index (κ3) is 3.78. The molecule has 0 saturated heterocycles. The van der Waals surface area contributed by atoms with Crippen LogP contribution in [0.5, 0.6) is 0 Å². The lowest BCUT2D eigenvalue weighted by molar-refractivity contribution is 0.866. The van der Waals surface area contributed by atoms with Gasteiger partial charge < -0.3 is 10.2 Å². The highest BCUT2D eigenvalue weighted by atomic mass is 35.5. The summed E-state index contributed by atoms with van der Waals surface area (Å²) in [6, 6.07) is 8.46. The lowest BCUT2D eigenvalue weighted by atomic mass is 10.2. The molecular weight excluding hydrogens is 220 g/mol. The maximum atomic E-state index is 5.44. The van der Waals surface area contributed by atoms with Crippen LogP contribution < -0.4 is 10.2 Å². The normalized spacial score (nSPS) is 10.7. The first kappa shape index (κ1) is 12.9. The SMILES string of the molecule is CCN(CC)c1ccc(NC/C=C/Cl)cc1. The van der Waals surface area contributed by atoms with E-state index in [1.165, 1.54) is 11.2 Å². The molecule has 0 radical (unpaired) electrons. The molecule has 1 aromatic carbocycles. The van der Waals surface area contributed by atoms with Crippen molar-refractivity contribution >= 4 is 23.0 Å². The van der Waals surface area contributed by atoms with Gasteiger partial charge in [-0.2, -0.15) is 0 Å². The second-order valence-electron chi connectivity index (χ2n) is 3.46. The van der Waals surface area contributed by atoms with Crippen molar-refractivity contribution in [2.45, 2.75) is 13.8 Å². The summed E-state index contributed by atoms with van der Waals surface area (Å²) < 4.78 is 0. The van der Waals surface area contributed by atoms with Crippen LogP contribution in [0.4, 0.5) is 11.4 Å². The standard InChI is InChI=1S/C13H19ClN2/c1-3-16(4-2)13-8-6-12(7-9-13)15-11-5-10-14/h5-10,15H,3-4,11H2,1-2H3/b10-5+. The van der Waals surface area contributed by atoms with Crippen LogP contribution in [0.1, 0.15) is 13.8 Å². The van der Waals surface area contributed by atoms with Gasteiger partial charge in [0.2, 0.25) is 0 Å². The van der Waals surface area contributed by atoms with Crippen molar-refractivity contribution in [3.63, 3.8) is 0 Å². The Labute approximate surface area is 103 Å². The third-order valence-electron chi connectivity index (χ3n) is 2.51. The predicted octanol–water partition coefficient (Wildman–Crippen LogP) is 3.70. The summed E-state index contributed by atoms with van der Waals surface area (Å²) in [6.07, 6.45) is 1.87. The molecule has 0 aliphatic rings. The van der Waals surface area contributed by atoms with Gasteiger partial charge in [-0.3, -0.25) is 0 Å². The van der Waals surface area contributed by atoms with Gasteiger partial charge in [-0.1, -0.05) is 17.7 Å². The monoisotopic (exact) mass is 238 g/mol. The quantitative estimate of drug-likeness (QED) is 0.813. The summed E-state index contributed by atoms with van der Waals surface area (Å²) in [5.74, 6) is 0. The fourth-order valence-electron chi connectivity index (χ4n) is 1.60. The molecule has 16 heavy (non-hydrogen) atoms. The van der Waals surface area contributed by atoms with Crippen LogP contribution in [0.3, 0.4) is 0 Å². The lowest BCUT2D eigenvalue weighted by Gasteiger charge is -2.21. The first-order valence-corrected chi connectivity index (χ1v) is 6.09. The molecule has 0 spiro atoms. The Bertz CT molecular complexity index is 315. The molecule has 2 nitrogen and oxygen atoms in total. The average molecular weight is 239 g/mol. The van der Waals surface area contributed by atoms with Gasteiger partial charge in [0.15, 0.2) is 0 Å². The Kier molecular flexibility index (Phi) is 5.79. The number of rotatable bonds is 6. The number of benzene rings is 1. The maximum Gasteiger partial charge on any atom is 0.0367 e. The van der Waals surface area contributed by atoms with Crippen molar-refractivity contribution < 1.29 is 0 Å². The van der Waals surface area contributed by atoms with Gasteiger partial charge in [-0.15, -0.1) is 0 Å². The van der Waals surface area contributed by atoms with Crippen LogP contribution in [0, 0.1) is 0 Å². The van der Waals surface area contributed by atoms with Crippen LogP contribution in [0.15, 0.2) is 35.9 Å². The molecule has 1 N–H and O–H groups in total. The highest BCUT2D eigenvalue weighted by molar-refractivity contribution is 6.25. The molecule has 1 rings (SSSR count). The van der Waals surface area contributed by atoms with Gasteiger partial charge in [-0.05, 0) is 38.1 Å². The molecule has 0 amide bonds. The van der Waals surface area contributed by atoms with E-state index in [9.17, 15) is 0 Å². The second-order valence-corrected chi connectivity index (χ2v) is 3.71. The first-order chi connectivity index (χ1) is 7.81. The Hall–Kier alpha value is -1.15. The molecule has 0 unspecified atom stereocenters. The summed E-state index contributed by atoms with van der Waals surface area (Å²) in [4.78, 5) is 2.32. The van der Waals surface area contributed by atoms with Crippen molar-refractivity contribution in [1.82, 2.24) is 0 Å². The number of anilines is 2. The number of halogens is 1. The summed E-state index contributed by atoms with van der Waals surface area (Å²) in [5.41, 5.74) is 3.91. The van der Waals surface area contributed by atoms with Gasteiger partial charge in [0, 0.05) is 36.5 Å². The van der Waals surface area contributed by atoms with E-state index in [1.54, 1.807) is 0 Å². The molecule has 3 heteroatoms. The Morgan fingerprint density at radius 2 is 1.81 bits per heavy atom. The molecule has 0 bridgehead atoms. The van der Waals surface area contributed by atoms with E-state index < -0.39 is 0 Å². The van der Waals surface area contributed by atoms with E-state index >= 15 is 0 Å². The molecular formula is C13H19ClN2. The molecule has 0 aliphatic carbocycles. The molecule has 0 aliphatic heterocycles. The largest absolute Gasteiger partial charge is 0.382 e. The number of nitrogens with zero attached hydrogens (tertiary/aromatic N) is 1. The van der Waals surface area contributed by atoms with Gasteiger partial charge in [-0.25, -0.2) is 0 Å².